The van der Waals surface area contributed by atoms with Crippen LogP contribution in [-0.2, 0) is 20.2 Å². The molecule has 0 bridgehead atoms. The Balaban J connectivity index is 2.03. The van der Waals surface area contributed by atoms with Crippen LogP contribution in [0.2, 0.25) is 0 Å². The fraction of sp³-hybridized carbons (Fsp3) is 0.650. The molecule has 1 amide bonds. The van der Waals surface area contributed by atoms with Gasteiger partial charge in [-0.05, 0) is 29.9 Å². The first kappa shape index (κ1) is 20.9. The molecule has 1 fully saturated rings. The van der Waals surface area contributed by atoms with Crippen LogP contribution in [0.1, 0.15) is 64.9 Å². The van der Waals surface area contributed by atoms with E-state index in [1.807, 2.05) is 24.3 Å². The molecule has 1 aliphatic carbocycles. The Labute approximate surface area is 158 Å². The molecule has 0 atom stereocenters. The van der Waals surface area contributed by atoms with E-state index in [4.69, 9.17) is 0 Å². The van der Waals surface area contributed by atoms with Crippen LogP contribution < -0.4 is 5.32 Å². The van der Waals surface area contributed by atoms with Crippen LogP contribution in [0, 0.1) is 0 Å². The quantitative estimate of drug-likeness (QED) is 0.814. The standard InChI is InChI=1S/C20H32N2O3S/c1-20(2,3)17-12-8-9-13-18(17)21-19(23)14-15-22(26(4,24)25)16-10-6-5-7-11-16/h8-9,12-13,16H,5-7,10-11,14-15H2,1-4H3,(H,21,23). The average Bonchev–Trinajstić information content (AvgIpc) is 2.54. The van der Waals surface area contributed by atoms with E-state index in [1.165, 1.54) is 10.6 Å². The molecule has 0 spiro atoms. The molecule has 0 aromatic heterocycles. The van der Waals surface area contributed by atoms with Gasteiger partial charge in [0, 0.05) is 24.7 Å². The number of amides is 1. The molecule has 1 aromatic carbocycles. The van der Waals surface area contributed by atoms with Gasteiger partial charge in [-0.15, -0.1) is 0 Å². The zero-order valence-corrected chi connectivity index (χ0v) is 17.2. The number of nitrogens with zero attached hydrogens (tertiary/aromatic N) is 1. The Morgan fingerprint density at radius 2 is 1.77 bits per heavy atom. The molecule has 1 N–H and O–H groups in total. The molecule has 6 heteroatoms. The summed E-state index contributed by atoms with van der Waals surface area (Å²) in [4.78, 5) is 12.5. The minimum atomic E-state index is -3.31. The van der Waals surface area contributed by atoms with Crippen molar-refractivity contribution < 1.29 is 13.2 Å². The van der Waals surface area contributed by atoms with Crippen molar-refractivity contribution in [2.75, 3.05) is 18.1 Å². The van der Waals surface area contributed by atoms with E-state index in [9.17, 15) is 13.2 Å². The Hall–Kier alpha value is -1.40. The van der Waals surface area contributed by atoms with Crippen LogP contribution in [-0.4, -0.2) is 37.5 Å². The number of rotatable bonds is 6. The summed E-state index contributed by atoms with van der Waals surface area (Å²) in [6.07, 6.45) is 6.47. The number of hydrogen-bond acceptors (Lipinski definition) is 3. The highest BCUT2D eigenvalue weighted by Crippen LogP contribution is 2.29. The van der Waals surface area contributed by atoms with Crippen LogP contribution in [0.15, 0.2) is 24.3 Å². The molecule has 1 aromatic rings. The smallest absolute Gasteiger partial charge is 0.225 e. The third-order valence-corrected chi connectivity index (χ3v) is 6.31. The number of carbonyl (C=O) groups excluding carboxylic acids is 1. The predicted molar refractivity (Wildman–Crippen MR) is 107 cm³/mol. The van der Waals surface area contributed by atoms with Gasteiger partial charge in [-0.1, -0.05) is 58.2 Å². The summed E-state index contributed by atoms with van der Waals surface area (Å²) >= 11 is 0. The number of benzene rings is 1. The van der Waals surface area contributed by atoms with E-state index in [2.05, 4.69) is 26.1 Å². The monoisotopic (exact) mass is 380 g/mol. The van der Waals surface area contributed by atoms with Gasteiger partial charge in [0.25, 0.3) is 0 Å². The number of nitrogens with one attached hydrogen (secondary N) is 1. The molecule has 1 saturated carbocycles. The second-order valence-corrected chi connectivity index (χ2v) is 10.2. The van der Waals surface area contributed by atoms with Crippen LogP contribution in [0.4, 0.5) is 5.69 Å². The minimum absolute atomic E-state index is 0.0356. The fourth-order valence-corrected chi connectivity index (χ4v) is 4.83. The lowest BCUT2D eigenvalue weighted by Crippen LogP contribution is -2.42. The van der Waals surface area contributed by atoms with Crippen LogP contribution in [0.3, 0.4) is 0 Å². The number of carbonyl (C=O) groups is 1. The van der Waals surface area contributed by atoms with E-state index >= 15 is 0 Å². The number of para-hydroxylation sites is 1. The molecule has 0 saturated heterocycles. The summed E-state index contributed by atoms with van der Waals surface area (Å²) in [7, 11) is -3.31. The van der Waals surface area contributed by atoms with Crippen molar-refractivity contribution in [2.45, 2.75) is 70.8 Å². The normalized spacial score (nSPS) is 16.7. The van der Waals surface area contributed by atoms with Gasteiger partial charge in [-0.25, -0.2) is 8.42 Å². The highest BCUT2D eigenvalue weighted by atomic mass is 32.2. The van der Waals surface area contributed by atoms with E-state index in [0.717, 1.165) is 43.4 Å². The van der Waals surface area contributed by atoms with Gasteiger partial charge < -0.3 is 5.32 Å². The summed E-state index contributed by atoms with van der Waals surface area (Å²) in [5.41, 5.74) is 1.79. The van der Waals surface area contributed by atoms with Gasteiger partial charge in [0.05, 0.1) is 6.26 Å². The lowest BCUT2D eigenvalue weighted by molar-refractivity contribution is -0.116. The van der Waals surface area contributed by atoms with E-state index in [-0.39, 0.29) is 30.3 Å². The Kier molecular flexibility index (Phi) is 6.86. The van der Waals surface area contributed by atoms with Crippen LogP contribution >= 0.6 is 0 Å². The summed E-state index contributed by atoms with van der Waals surface area (Å²) < 4.78 is 25.9. The maximum atomic E-state index is 12.5. The third kappa shape index (κ3) is 5.81. The topological polar surface area (TPSA) is 66.5 Å². The molecule has 0 unspecified atom stereocenters. The van der Waals surface area contributed by atoms with Crippen molar-refractivity contribution in [3.63, 3.8) is 0 Å². The second kappa shape index (κ2) is 8.53. The highest BCUT2D eigenvalue weighted by Gasteiger charge is 2.28. The van der Waals surface area contributed by atoms with Crippen LogP contribution in [0.5, 0.6) is 0 Å². The molecule has 0 heterocycles. The molecule has 5 nitrogen and oxygen atoms in total. The lowest BCUT2D eigenvalue weighted by atomic mass is 9.86. The summed E-state index contributed by atoms with van der Waals surface area (Å²) in [6.45, 7) is 6.55. The number of hydrogen-bond donors (Lipinski definition) is 1. The molecule has 2 rings (SSSR count). The second-order valence-electron chi connectivity index (χ2n) is 8.26. The van der Waals surface area contributed by atoms with Crippen molar-refractivity contribution >= 4 is 21.6 Å². The van der Waals surface area contributed by atoms with Crippen molar-refractivity contribution in [2.24, 2.45) is 0 Å². The van der Waals surface area contributed by atoms with E-state index in [1.54, 1.807) is 0 Å². The summed E-state index contributed by atoms with van der Waals surface area (Å²) in [6, 6.07) is 7.81. The molecule has 146 valence electrons. The average molecular weight is 381 g/mol. The van der Waals surface area contributed by atoms with Gasteiger partial charge in [0.1, 0.15) is 0 Å². The minimum Gasteiger partial charge on any atom is -0.326 e. The largest absolute Gasteiger partial charge is 0.326 e. The Morgan fingerprint density at radius 3 is 2.35 bits per heavy atom. The van der Waals surface area contributed by atoms with Gasteiger partial charge in [0.15, 0.2) is 0 Å². The maximum absolute atomic E-state index is 12.5. The molecular formula is C20H32N2O3S. The number of sulfonamides is 1. The lowest BCUT2D eigenvalue weighted by Gasteiger charge is -2.32. The molecule has 0 radical (unpaired) electrons. The van der Waals surface area contributed by atoms with E-state index in [0.29, 0.717) is 0 Å². The summed E-state index contributed by atoms with van der Waals surface area (Å²) in [5.74, 6) is -0.147. The summed E-state index contributed by atoms with van der Waals surface area (Å²) in [5, 5.41) is 2.97. The Bertz CT molecular complexity index is 717. The van der Waals surface area contributed by atoms with Crippen LogP contribution in [0.25, 0.3) is 0 Å². The molecular weight excluding hydrogens is 348 g/mol. The fourth-order valence-electron chi connectivity index (χ4n) is 3.66. The highest BCUT2D eigenvalue weighted by molar-refractivity contribution is 7.88. The van der Waals surface area contributed by atoms with Gasteiger partial charge in [0.2, 0.25) is 15.9 Å². The van der Waals surface area contributed by atoms with Crippen molar-refractivity contribution in [3.8, 4) is 0 Å². The zero-order valence-electron chi connectivity index (χ0n) is 16.4. The maximum Gasteiger partial charge on any atom is 0.225 e. The van der Waals surface area contributed by atoms with Crippen molar-refractivity contribution in [1.82, 2.24) is 4.31 Å². The third-order valence-electron chi connectivity index (χ3n) is 4.98. The first-order chi connectivity index (χ1) is 12.1. The van der Waals surface area contributed by atoms with Gasteiger partial charge >= 0.3 is 0 Å². The van der Waals surface area contributed by atoms with E-state index < -0.39 is 10.0 Å². The first-order valence-corrected chi connectivity index (χ1v) is 11.3. The van der Waals surface area contributed by atoms with Gasteiger partial charge in [-0.2, -0.15) is 4.31 Å². The van der Waals surface area contributed by atoms with Crippen molar-refractivity contribution in [1.29, 1.82) is 0 Å². The number of anilines is 1. The SMILES string of the molecule is CC(C)(C)c1ccccc1NC(=O)CCN(C1CCCCC1)S(C)(=O)=O. The Morgan fingerprint density at radius 1 is 1.15 bits per heavy atom. The zero-order chi connectivity index (χ0) is 19.4. The predicted octanol–water partition coefficient (Wildman–Crippen LogP) is 3.91. The first-order valence-electron chi connectivity index (χ1n) is 9.45. The molecule has 1 aliphatic rings. The molecule has 0 aliphatic heterocycles. The van der Waals surface area contributed by atoms with Crippen molar-refractivity contribution in [3.05, 3.63) is 29.8 Å². The molecule has 26 heavy (non-hydrogen) atoms. The van der Waals surface area contributed by atoms with Gasteiger partial charge in [-0.3, -0.25) is 4.79 Å².